The minimum absolute atomic E-state index is 0.0361. The van der Waals surface area contributed by atoms with Crippen molar-refractivity contribution in [2.45, 2.75) is 45.6 Å². The molecule has 0 aliphatic heterocycles. The molecule has 2 rings (SSSR count). The van der Waals surface area contributed by atoms with E-state index in [1.54, 1.807) is 0 Å². The van der Waals surface area contributed by atoms with Crippen LogP contribution in [0.3, 0.4) is 0 Å². The van der Waals surface area contributed by atoms with Crippen LogP contribution in [0.15, 0.2) is 24.3 Å². The minimum atomic E-state index is 0.0361. The number of hydrogen-bond acceptors (Lipinski definition) is 3. The normalized spacial score (nSPS) is 22.1. The van der Waals surface area contributed by atoms with Gasteiger partial charge in [-0.15, -0.1) is 0 Å². The van der Waals surface area contributed by atoms with Crippen molar-refractivity contribution in [1.82, 2.24) is 0 Å². The van der Waals surface area contributed by atoms with Crippen molar-refractivity contribution in [3.05, 3.63) is 24.3 Å². The van der Waals surface area contributed by atoms with E-state index in [1.165, 1.54) is 0 Å². The fourth-order valence-corrected chi connectivity index (χ4v) is 2.64. The number of anilines is 1. The number of amides is 1. The first-order valence-electron chi connectivity index (χ1n) is 7.84. The highest BCUT2D eigenvalue weighted by Crippen LogP contribution is 2.25. The lowest BCUT2D eigenvalue weighted by Gasteiger charge is -2.25. The van der Waals surface area contributed by atoms with Gasteiger partial charge < -0.3 is 15.8 Å². The number of carbonyl (C=O) groups is 1. The van der Waals surface area contributed by atoms with Gasteiger partial charge in [-0.25, -0.2) is 0 Å². The number of nitrogens with two attached hydrogens (primary N) is 1. The Kier molecular flexibility index (Phi) is 5.62. The molecule has 0 spiro atoms. The van der Waals surface area contributed by atoms with Crippen LogP contribution in [0.25, 0.3) is 0 Å². The Hall–Kier alpha value is -1.55. The SMILES string of the molecule is CC(C)COc1cccc(NC(=O)C2CCCC(N)C2)c1. The molecule has 21 heavy (non-hydrogen) atoms. The van der Waals surface area contributed by atoms with Crippen LogP contribution in [0.5, 0.6) is 5.75 Å². The molecule has 2 atom stereocenters. The van der Waals surface area contributed by atoms with Gasteiger partial charge in [0.15, 0.2) is 0 Å². The van der Waals surface area contributed by atoms with E-state index in [0.717, 1.165) is 37.1 Å². The first-order chi connectivity index (χ1) is 10.0. The average molecular weight is 290 g/mol. The van der Waals surface area contributed by atoms with Crippen LogP contribution in [0.4, 0.5) is 5.69 Å². The zero-order valence-corrected chi connectivity index (χ0v) is 13.0. The van der Waals surface area contributed by atoms with Gasteiger partial charge >= 0.3 is 0 Å². The predicted octanol–water partition coefficient (Wildman–Crippen LogP) is 3.18. The van der Waals surface area contributed by atoms with E-state index in [4.69, 9.17) is 10.5 Å². The summed E-state index contributed by atoms with van der Waals surface area (Å²) in [5.41, 5.74) is 6.74. The summed E-state index contributed by atoms with van der Waals surface area (Å²) in [6.07, 6.45) is 3.79. The van der Waals surface area contributed by atoms with Gasteiger partial charge in [0, 0.05) is 23.7 Å². The van der Waals surface area contributed by atoms with Gasteiger partial charge in [0.05, 0.1) is 6.61 Å². The van der Waals surface area contributed by atoms with Gasteiger partial charge in [-0.1, -0.05) is 26.3 Å². The van der Waals surface area contributed by atoms with Crippen molar-refractivity contribution in [2.75, 3.05) is 11.9 Å². The molecule has 1 aliphatic rings. The standard InChI is InChI=1S/C17H26N2O2/c1-12(2)11-21-16-8-4-7-15(10-16)19-17(20)13-5-3-6-14(18)9-13/h4,7-8,10,12-14H,3,5-6,9,11,18H2,1-2H3,(H,19,20). The summed E-state index contributed by atoms with van der Waals surface area (Å²) < 4.78 is 5.68. The Morgan fingerprint density at radius 3 is 2.95 bits per heavy atom. The molecule has 3 N–H and O–H groups in total. The summed E-state index contributed by atoms with van der Waals surface area (Å²) in [5, 5.41) is 2.99. The Bertz CT molecular complexity index is 474. The topological polar surface area (TPSA) is 64.3 Å². The molecule has 1 aliphatic carbocycles. The fourth-order valence-electron chi connectivity index (χ4n) is 2.64. The molecule has 4 nitrogen and oxygen atoms in total. The second-order valence-corrected chi connectivity index (χ2v) is 6.35. The Labute approximate surface area is 127 Å². The van der Waals surface area contributed by atoms with Crippen LogP contribution in [0.2, 0.25) is 0 Å². The molecule has 4 heteroatoms. The van der Waals surface area contributed by atoms with E-state index in [2.05, 4.69) is 19.2 Å². The third-order valence-electron chi connectivity index (χ3n) is 3.77. The second kappa shape index (κ2) is 7.46. The van der Waals surface area contributed by atoms with Gasteiger partial charge in [0.1, 0.15) is 5.75 Å². The van der Waals surface area contributed by atoms with Crippen LogP contribution in [-0.2, 0) is 4.79 Å². The van der Waals surface area contributed by atoms with Gasteiger partial charge in [0.25, 0.3) is 0 Å². The third kappa shape index (κ3) is 5.05. The molecule has 0 aromatic heterocycles. The van der Waals surface area contributed by atoms with E-state index in [1.807, 2.05) is 24.3 Å². The van der Waals surface area contributed by atoms with Crippen LogP contribution in [-0.4, -0.2) is 18.6 Å². The number of benzene rings is 1. The summed E-state index contributed by atoms with van der Waals surface area (Å²) >= 11 is 0. The van der Waals surface area contributed by atoms with E-state index >= 15 is 0 Å². The monoisotopic (exact) mass is 290 g/mol. The molecular formula is C17H26N2O2. The van der Waals surface area contributed by atoms with Gasteiger partial charge in [-0.2, -0.15) is 0 Å². The number of ether oxygens (including phenoxy) is 1. The van der Waals surface area contributed by atoms with E-state index < -0.39 is 0 Å². The number of rotatable bonds is 5. The first kappa shape index (κ1) is 15.8. The largest absolute Gasteiger partial charge is 0.493 e. The summed E-state index contributed by atoms with van der Waals surface area (Å²) in [7, 11) is 0. The average Bonchev–Trinajstić information content (AvgIpc) is 2.45. The molecule has 116 valence electrons. The van der Waals surface area contributed by atoms with Crippen molar-refractivity contribution in [1.29, 1.82) is 0 Å². The van der Waals surface area contributed by atoms with E-state index in [9.17, 15) is 4.79 Å². The molecule has 1 aromatic carbocycles. The smallest absolute Gasteiger partial charge is 0.227 e. The van der Waals surface area contributed by atoms with Gasteiger partial charge in [0.2, 0.25) is 5.91 Å². The van der Waals surface area contributed by atoms with Crippen molar-refractivity contribution in [3.8, 4) is 5.75 Å². The number of nitrogens with one attached hydrogen (secondary N) is 1. The zero-order valence-electron chi connectivity index (χ0n) is 13.0. The fraction of sp³-hybridized carbons (Fsp3) is 0.588. The highest BCUT2D eigenvalue weighted by molar-refractivity contribution is 5.92. The maximum absolute atomic E-state index is 12.3. The lowest BCUT2D eigenvalue weighted by molar-refractivity contribution is -0.120. The summed E-state index contributed by atoms with van der Waals surface area (Å²) in [5.74, 6) is 1.38. The molecule has 1 saturated carbocycles. The lowest BCUT2D eigenvalue weighted by atomic mass is 9.85. The van der Waals surface area contributed by atoms with Crippen LogP contribution in [0, 0.1) is 11.8 Å². The first-order valence-corrected chi connectivity index (χ1v) is 7.84. The summed E-state index contributed by atoms with van der Waals surface area (Å²) in [4.78, 5) is 12.3. The molecule has 0 radical (unpaired) electrons. The minimum Gasteiger partial charge on any atom is -0.493 e. The number of hydrogen-bond donors (Lipinski definition) is 2. The van der Waals surface area contributed by atoms with Crippen molar-refractivity contribution in [3.63, 3.8) is 0 Å². The number of carbonyl (C=O) groups excluding carboxylic acids is 1. The van der Waals surface area contributed by atoms with Crippen LogP contribution < -0.4 is 15.8 Å². The van der Waals surface area contributed by atoms with Crippen molar-refractivity contribution < 1.29 is 9.53 Å². The maximum Gasteiger partial charge on any atom is 0.227 e. The molecule has 1 amide bonds. The van der Waals surface area contributed by atoms with Crippen molar-refractivity contribution in [2.24, 2.45) is 17.6 Å². The molecule has 2 unspecified atom stereocenters. The van der Waals surface area contributed by atoms with Gasteiger partial charge in [-0.05, 0) is 37.3 Å². The van der Waals surface area contributed by atoms with E-state index in [-0.39, 0.29) is 17.9 Å². The predicted molar refractivity (Wildman–Crippen MR) is 85.3 cm³/mol. The van der Waals surface area contributed by atoms with Gasteiger partial charge in [-0.3, -0.25) is 4.79 Å². The maximum atomic E-state index is 12.3. The highest BCUT2D eigenvalue weighted by Gasteiger charge is 2.25. The quantitative estimate of drug-likeness (QED) is 0.875. The Morgan fingerprint density at radius 2 is 2.24 bits per heavy atom. The Balaban J connectivity index is 1.92. The molecular weight excluding hydrogens is 264 g/mol. The molecule has 1 aromatic rings. The highest BCUT2D eigenvalue weighted by atomic mass is 16.5. The zero-order chi connectivity index (χ0) is 15.2. The molecule has 1 fully saturated rings. The molecule has 0 heterocycles. The van der Waals surface area contributed by atoms with Crippen LogP contribution in [0.1, 0.15) is 39.5 Å². The van der Waals surface area contributed by atoms with Crippen molar-refractivity contribution >= 4 is 11.6 Å². The van der Waals surface area contributed by atoms with E-state index in [0.29, 0.717) is 12.5 Å². The molecule has 0 saturated heterocycles. The van der Waals surface area contributed by atoms with Crippen LogP contribution >= 0.6 is 0 Å². The summed E-state index contributed by atoms with van der Waals surface area (Å²) in [6, 6.07) is 7.74. The second-order valence-electron chi connectivity index (χ2n) is 6.35. The molecule has 0 bridgehead atoms. The lowest BCUT2D eigenvalue weighted by Crippen LogP contribution is -2.34. The third-order valence-corrected chi connectivity index (χ3v) is 3.77. The Morgan fingerprint density at radius 1 is 1.43 bits per heavy atom. The summed E-state index contributed by atoms with van der Waals surface area (Å²) in [6.45, 7) is 4.89.